The molecule has 2 aromatic rings. The average Bonchev–Trinajstić information content (AvgIpc) is 2.60. The second-order valence-electron chi connectivity index (χ2n) is 5.66. The zero-order valence-corrected chi connectivity index (χ0v) is 15.2. The van der Waals surface area contributed by atoms with Crippen molar-refractivity contribution in [1.82, 2.24) is 5.32 Å². The van der Waals surface area contributed by atoms with Gasteiger partial charge < -0.3 is 15.4 Å². The lowest BCUT2D eigenvalue weighted by atomic mass is 10.0. The first-order valence-electron chi connectivity index (χ1n) is 7.86. The van der Waals surface area contributed by atoms with Crippen LogP contribution in [0.4, 0.5) is 5.69 Å². The molecular formula is C19H21ClN2O3. The third kappa shape index (κ3) is 4.81. The molecule has 0 aromatic heterocycles. The Morgan fingerprint density at radius 1 is 1.08 bits per heavy atom. The van der Waals surface area contributed by atoms with Crippen molar-refractivity contribution >= 4 is 29.1 Å². The largest absolute Gasteiger partial charge is 0.375 e. The van der Waals surface area contributed by atoms with E-state index in [1.807, 2.05) is 31.2 Å². The van der Waals surface area contributed by atoms with E-state index in [1.165, 1.54) is 0 Å². The van der Waals surface area contributed by atoms with E-state index < -0.39 is 11.8 Å². The number of carbonyl (C=O) groups excluding carboxylic acids is 2. The lowest BCUT2D eigenvalue weighted by Crippen LogP contribution is -2.38. The van der Waals surface area contributed by atoms with Crippen molar-refractivity contribution in [3.05, 3.63) is 64.2 Å². The number of carbonyl (C=O) groups is 2. The lowest BCUT2D eigenvalue weighted by Gasteiger charge is -2.18. The van der Waals surface area contributed by atoms with Crippen molar-refractivity contribution < 1.29 is 14.3 Å². The molecule has 0 aliphatic rings. The Bertz CT molecular complexity index is 777. The Labute approximate surface area is 152 Å². The average molecular weight is 361 g/mol. The van der Waals surface area contributed by atoms with Crippen LogP contribution >= 0.6 is 11.6 Å². The van der Waals surface area contributed by atoms with Gasteiger partial charge in [0, 0.05) is 24.4 Å². The molecule has 6 heteroatoms. The van der Waals surface area contributed by atoms with E-state index in [-0.39, 0.29) is 12.6 Å². The SMILES string of the molecule is COC(CNC(=O)C(=O)Nc1cccc(Cl)c1C)c1ccccc1C. The summed E-state index contributed by atoms with van der Waals surface area (Å²) in [6.45, 7) is 3.94. The van der Waals surface area contributed by atoms with Crippen LogP contribution in [-0.2, 0) is 14.3 Å². The number of hydrogen-bond donors (Lipinski definition) is 2. The Balaban J connectivity index is 1.98. The van der Waals surface area contributed by atoms with Crippen molar-refractivity contribution in [1.29, 1.82) is 0 Å². The van der Waals surface area contributed by atoms with E-state index in [9.17, 15) is 9.59 Å². The van der Waals surface area contributed by atoms with Gasteiger partial charge >= 0.3 is 11.8 Å². The number of halogens is 1. The van der Waals surface area contributed by atoms with Crippen LogP contribution in [0.15, 0.2) is 42.5 Å². The van der Waals surface area contributed by atoms with E-state index in [0.717, 1.165) is 11.1 Å². The van der Waals surface area contributed by atoms with Crippen molar-refractivity contribution in [2.45, 2.75) is 20.0 Å². The number of benzene rings is 2. The van der Waals surface area contributed by atoms with Gasteiger partial charge in [-0.1, -0.05) is 41.9 Å². The number of rotatable bonds is 5. The molecule has 2 N–H and O–H groups in total. The molecular weight excluding hydrogens is 340 g/mol. The summed E-state index contributed by atoms with van der Waals surface area (Å²) in [4.78, 5) is 24.1. The summed E-state index contributed by atoms with van der Waals surface area (Å²) < 4.78 is 5.44. The molecule has 1 unspecified atom stereocenters. The van der Waals surface area contributed by atoms with Gasteiger partial charge in [0.05, 0.1) is 6.10 Å². The third-order valence-corrected chi connectivity index (χ3v) is 4.40. The summed E-state index contributed by atoms with van der Waals surface area (Å²) in [7, 11) is 1.57. The van der Waals surface area contributed by atoms with Crippen LogP contribution in [0.1, 0.15) is 22.8 Å². The minimum absolute atomic E-state index is 0.197. The highest BCUT2D eigenvalue weighted by atomic mass is 35.5. The Kier molecular flexibility index (Phi) is 6.56. The highest BCUT2D eigenvalue weighted by molar-refractivity contribution is 6.40. The number of methoxy groups -OCH3 is 1. The highest BCUT2D eigenvalue weighted by Gasteiger charge is 2.18. The number of nitrogens with one attached hydrogen (secondary N) is 2. The van der Waals surface area contributed by atoms with Gasteiger partial charge in [0.2, 0.25) is 0 Å². The van der Waals surface area contributed by atoms with Gasteiger partial charge in [0.25, 0.3) is 0 Å². The third-order valence-electron chi connectivity index (χ3n) is 3.99. The molecule has 0 spiro atoms. The van der Waals surface area contributed by atoms with Crippen LogP contribution in [0.25, 0.3) is 0 Å². The summed E-state index contributed by atoms with van der Waals surface area (Å²) in [5.41, 5.74) is 3.24. The van der Waals surface area contributed by atoms with Crippen molar-refractivity contribution in [2.24, 2.45) is 0 Å². The molecule has 2 aromatic carbocycles. The molecule has 0 fully saturated rings. The summed E-state index contributed by atoms with van der Waals surface area (Å²) >= 11 is 6.01. The first-order valence-corrected chi connectivity index (χ1v) is 8.24. The molecule has 25 heavy (non-hydrogen) atoms. The molecule has 0 bridgehead atoms. The van der Waals surface area contributed by atoms with Gasteiger partial charge in [0.1, 0.15) is 0 Å². The van der Waals surface area contributed by atoms with E-state index in [0.29, 0.717) is 16.3 Å². The van der Waals surface area contributed by atoms with Gasteiger partial charge in [-0.15, -0.1) is 0 Å². The molecule has 0 saturated carbocycles. The van der Waals surface area contributed by atoms with Gasteiger partial charge in [-0.3, -0.25) is 9.59 Å². The molecule has 0 heterocycles. The number of aryl methyl sites for hydroxylation is 1. The molecule has 0 aliphatic heterocycles. The van der Waals surface area contributed by atoms with Crippen molar-refractivity contribution in [3.63, 3.8) is 0 Å². The second-order valence-corrected chi connectivity index (χ2v) is 6.06. The predicted molar refractivity (Wildman–Crippen MR) is 98.8 cm³/mol. The topological polar surface area (TPSA) is 67.4 Å². The number of ether oxygens (including phenoxy) is 1. The predicted octanol–water partition coefficient (Wildman–Crippen LogP) is 3.40. The van der Waals surface area contributed by atoms with Crippen LogP contribution in [-0.4, -0.2) is 25.5 Å². The Hall–Kier alpha value is -2.37. The standard InChI is InChI=1S/C19H21ClN2O3/c1-12-7-4-5-8-14(12)17(25-3)11-21-18(23)19(24)22-16-10-6-9-15(20)13(16)2/h4-10,17H,11H2,1-3H3,(H,21,23)(H,22,24). The second kappa shape index (κ2) is 8.65. The summed E-state index contributed by atoms with van der Waals surface area (Å²) in [6, 6.07) is 12.9. The molecule has 0 aliphatic carbocycles. The smallest absolute Gasteiger partial charge is 0.313 e. The molecule has 2 rings (SSSR count). The fourth-order valence-electron chi connectivity index (χ4n) is 2.46. The normalized spacial score (nSPS) is 11.7. The van der Waals surface area contributed by atoms with Crippen LogP contribution < -0.4 is 10.6 Å². The van der Waals surface area contributed by atoms with E-state index in [2.05, 4.69) is 10.6 Å². The maximum atomic E-state index is 12.1. The summed E-state index contributed by atoms with van der Waals surface area (Å²) in [5, 5.41) is 5.70. The number of anilines is 1. The molecule has 2 amide bonds. The molecule has 132 valence electrons. The fourth-order valence-corrected chi connectivity index (χ4v) is 2.63. The Morgan fingerprint density at radius 3 is 2.48 bits per heavy atom. The summed E-state index contributed by atoms with van der Waals surface area (Å²) in [5.74, 6) is -1.47. The number of hydrogen-bond acceptors (Lipinski definition) is 3. The fraction of sp³-hybridized carbons (Fsp3) is 0.263. The first kappa shape index (κ1) is 19.0. The summed E-state index contributed by atoms with van der Waals surface area (Å²) in [6.07, 6.45) is -0.328. The lowest BCUT2D eigenvalue weighted by molar-refractivity contribution is -0.136. The monoisotopic (exact) mass is 360 g/mol. The van der Waals surface area contributed by atoms with Crippen molar-refractivity contribution in [2.75, 3.05) is 19.0 Å². The van der Waals surface area contributed by atoms with Crippen molar-refractivity contribution in [3.8, 4) is 0 Å². The molecule has 5 nitrogen and oxygen atoms in total. The Morgan fingerprint density at radius 2 is 1.80 bits per heavy atom. The van der Waals surface area contributed by atoms with Gasteiger partial charge in [0.15, 0.2) is 0 Å². The van der Waals surface area contributed by atoms with Gasteiger partial charge in [-0.05, 0) is 42.7 Å². The van der Waals surface area contributed by atoms with Gasteiger partial charge in [-0.2, -0.15) is 0 Å². The minimum Gasteiger partial charge on any atom is -0.375 e. The van der Waals surface area contributed by atoms with Crippen LogP contribution in [0.2, 0.25) is 5.02 Å². The van der Waals surface area contributed by atoms with E-state index in [1.54, 1.807) is 32.2 Å². The maximum absolute atomic E-state index is 12.1. The van der Waals surface area contributed by atoms with Crippen LogP contribution in [0, 0.1) is 13.8 Å². The highest BCUT2D eigenvalue weighted by Crippen LogP contribution is 2.23. The molecule has 0 radical (unpaired) electrons. The zero-order valence-electron chi connectivity index (χ0n) is 14.4. The quantitative estimate of drug-likeness (QED) is 0.803. The van der Waals surface area contributed by atoms with Gasteiger partial charge in [-0.25, -0.2) is 0 Å². The van der Waals surface area contributed by atoms with E-state index >= 15 is 0 Å². The maximum Gasteiger partial charge on any atom is 0.313 e. The minimum atomic E-state index is -0.745. The van der Waals surface area contributed by atoms with E-state index in [4.69, 9.17) is 16.3 Å². The van der Waals surface area contributed by atoms with Crippen LogP contribution in [0.3, 0.4) is 0 Å². The molecule has 0 saturated heterocycles. The van der Waals surface area contributed by atoms with Crippen LogP contribution in [0.5, 0.6) is 0 Å². The first-order chi connectivity index (χ1) is 11.9. The number of amides is 2. The molecule has 1 atom stereocenters. The zero-order chi connectivity index (χ0) is 18.4.